The molecule has 1 aromatic carbocycles. The van der Waals surface area contributed by atoms with Crippen LogP contribution in [0.2, 0.25) is 0 Å². The Morgan fingerprint density at radius 3 is 2.92 bits per heavy atom. The van der Waals surface area contributed by atoms with Crippen LogP contribution in [0.3, 0.4) is 0 Å². The third kappa shape index (κ3) is 4.38. The van der Waals surface area contributed by atoms with Crippen LogP contribution in [0.15, 0.2) is 42.6 Å². The Kier molecular flexibility index (Phi) is 5.52. The highest BCUT2D eigenvalue weighted by atomic mass is 19.1. The predicted octanol–water partition coefficient (Wildman–Crippen LogP) is 3.65. The number of benzene rings is 1. The van der Waals surface area contributed by atoms with Crippen molar-refractivity contribution in [2.45, 2.75) is 44.8 Å². The molecule has 26 heavy (non-hydrogen) atoms. The predicted molar refractivity (Wildman–Crippen MR) is 98.1 cm³/mol. The van der Waals surface area contributed by atoms with Crippen LogP contribution in [0, 0.1) is 11.7 Å². The second-order valence-corrected chi connectivity index (χ2v) is 7.05. The highest BCUT2D eigenvalue weighted by Gasteiger charge is 2.37. The largest absolute Gasteiger partial charge is 0.484 e. The van der Waals surface area contributed by atoms with Crippen LogP contribution in [-0.2, 0) is 11.4 Å². The van der Waals surface area contributed by atoms with Crippen LogP contribution in [0.25, 0.3) is 0 Å². The van der Waals surface area contributed by atoms with Gasteiger partial charge in [-0.25, -0.2) is 4.39 Å². The lowest BCUT2D eigenvalue weighted by molar-refractivity contribution is -0.122. The zero-order valence-electron chi connectivity index (χ0n) is 14.9. The first-order valence-corrected chi connectivity index (χ1v) is 8.88. The van der Waals surface area contributed by atoms with Crippen molar-refractivity contribution < 1.29 is 13.9 Å². The summed E-state index contributed by atoms with van der Waals surface area (Å²) in [6.07, 6.45) is 5.25. The lowest BCUT2D eigenvalue weighted by Crippen LogP contribution is -2.51. The number of hydrogen-bond donors (Lipinski definition) is 2. The average Bonchev–Trinajstić information content (AvgIpc) is 2.61. The molecule has 1 fully saturated rings. The van der Waals surface area contributed by atoms with Gasteiger partial charge in [0.2, 0.25) is 5.91 Å². The van der Waals surface area contributed by atoms with Crippen molar-refractivity contribution in [2.24, 2.45) is 11.7 Å². The lowest BCUT2D eigenvalue weighted by atomic mass is 9.74. The van der Waals surface area contributed by atoms with Crippen LogP contribution in [0.1, 0.15) is 38.3 Å². The molecule has 0 radical (unpaired) electrons. The minimum Gasteiger partial charge on any atom is -0.484 e. The second kappa shape index (κ2) is 7.83. The summed E-state index contributed by atoms with van der Waals surface area (Å²) in [7, 11) is 0. The van der Waals surface area contributed by atoms with Gasteiger partial charge < -0.3 is 15.8 Å². The van der Waals surface area contributed by atoms with Crippen molar-refractivity contribution in [3.8, 4) is 5.75 Å². The molecule has 1 amide bonds. The number of carbonyl (C=O) groups excluding carboxylic acids is 1. The van der Waals surface area contributed by atoms with Crippen molar-refractivity contribution in [3.05, 3.63) is 54.1 Å². The molecule has 2 unspecified atom stereocenters. The van der Waals surface area contributed by atoms with Crippen LogP contribution in [0.4, 0.5) is 10.1 Å². The number of nitrogens with zero attached hydrogens (tertiary/aromatic N) is 1. The van der Waals surface area contributed by atoms with E-state index in [-0.39, 0.29) is 24.2 Å². The highest BCUT2D eigenvalue weighted by molar-refractivity contribution is 5.93. The van der Waals surface area contributed by atoms with E-state index in [2.05, 4.69) is 10.3 Å². The Bertz CT molecular complexity index is 765. The molecule has 1 aliphatic carbocycles. The number of anilines is 1. The summed E-state index contributed by atoms with van der Waals surface area (Å²) in [5.41, 5.74) is 6.86. The number of halogens is 1. The summed E-state index contributed by atoms with van der Waals surface area (Å²) in [4.78, 5) is 16.7. The number of aromatic nitrogens is 1. The molecule has 138 valence electrons. The lowest BCUT2D eigenvalue weighted by Gasteiger charge is -2.37. The zero-order chi connectivity index (χ0) is 18.6. The fourth-order valence-corrected chi connectivity index (χ4v) is 3.35. The van der Waals surface area contributed by atoms with Gasteiger partial charge in [0.05, 0.1) is 11.6 Å². The summed E-state index contributed by atoms with van der Waals surface area (Å²) in [6.45, 7) is 2.09. The molecule has 1 saturated carbocycles. The molecule has 1 aliphatic rings. The topological polar surface area (TPSA) is 77.2 Å². The molecule has 5 nitrogen and oxygen atoms in total. The summed E-state index contributed by atoms with van der Waals surface area (Å²) >= 11 is 0. The SMILES string of the molecule is CC1(N)CCCCC1C(=O)Nc1ccc(OCc2ccccn2)c(F)c1. The van der Waals surface area contributed by atoms with Crippen LogP contribution in [0.5, 0.6) is 5.75 Å². The van der Waals surface area contributed by atoms with E-state index in [9.17, 15) is 9.18 Å². The van der Waals surface area contributed by atoms with E-state index >= 15 is 0 Å². The molecule has 1 aromatic heterocycles. The summed E-state index contributed by atoms with van der Waals surface area (Å²) in [6, 6.07) is 9.86. The first kappa shape index (κ1) is 18.3. The number of carbonyl (C=O) groups is 1. The number of rotatable bonds is 5. The van der Waals surface area contributed by atoms with Gasteiger partial charge in [0.25, 0.3) is 0 Å². The average molecular weight is 357 g/mol. The van der Waals surface area contributed by atoms with E-state index in [0.717, 1.165) is 25.7 Å². The Labute approximate surface area is 152 Å². The van der Waals surface area contributed by atoms with Crippen LogP contribution >= 0.6 is 0 Å². The van der Waals surface area contributed by atoms with E-state index in [1.54, 1.807) is 24.4 Å². The minimum absolute atomic E-state index is 0.120. The minimum atomic E-state index is -0.530. The van der Waals surface area contributed by atoms with Crippen molar-refractivity contribution in [3.63, 3.8) is 0 Å². The number of amides is 1. The van der Waals surface area contributed by atoms with E-state index in [0.29, 0.717) is 11.4 Å². The van der Waals surface area contributed by atoms with Crippen molar-refractivity contribution in [1.82, 2.24) is 4.98 Å². The third-order valence-electron chi connectivity index (χ3n) is 4.87. The van der Waals surface area contributed by atoms with Crippen LogP contribution in [-0.4, -0.2) is 16.4 Å². The molecule has 2 aromatic rings. The van der Waals surface area contributed by atoms with Crippen molar-refractivity contribution >= 4 is 11.6 Å². The molecule has 3 N–H and O–H groups in total. The maximum Gasteiger partial charge on any atom is 0.229 e. The van der Waals surface area contributed by atoms with Gasteiger partial charge in [-0.1, -0.05) is 18.9 Å². The first-order valence-electron chi connectivity index (χ1n) is 8.88. The number of ether oxygens (including phenoxy) is 1. The quantitative estimate of drug-likeness (QED) is 0.856. The summed E-state index contributed by atoms with van der Waals surface area (Å²) in [5.74, 6) is -0.830. The smallest absolute Gasteiger partial charge is 0.229 e. The molecular formula is C20H24FN3O2. The van der Waals surface area contributed by atoms with Gasteiger partial charge in [-0.2, -0.15) is 0 Å². The van der Waals surface area contributed by atoms with Crippen LogP contribution < -0.4 is 15.8 Å². The van der Waals surface area contributed by atoms with Gasteiger partial charge in [0.15, 0.2) is 11.6 Å². The van der Waals surface area contributed by atoms with Gasteiger partial charge in [-0.05, 0) is 44.0 Å². The van der Waals surface area contributed by atoms with Gasteiger partial charge >= 0.3 is 0 Å². The Morgan fingerprint density at radius 2 is 2.23 bits per heavy atom. The van der Waals surface area contributed by atoms with E-state index in [4.69, 9.17) is 10.5 Å². The zero-order valence-corrected chi connectivity index (χ0v) is 14.9. The molecule has 6 heteroatoms. The maximum atomic E-state index is 14.3. The summed E-state index contributed by atoms with van der Waals surface area (Å²) in [5, 5.41) is 2.78. The first-order chi connectivity index (χ1) is 12.5. The molecule has 3 rings (SSSR count). The normalized spacial score (nSPS) is 22.7. The number of nitrogens with one attached hydrogen (secondary N) is 1. The second-order valence-electron chi connectivity index (χ2n) is 7.05. The number of pyridine rings is 1. The van der Waals surface area contributed by atoms with Gasteiger partial charge in [-0.3, -0.25) is 9.78 Å². The van der Waals surface area contributed by atoms with Crippen molar-refractivity contribution in [2.75, 3.05) is 5.32 Å². The highest BCUT2D eigenvalue weighted by Crippen LogP contribution is 2.32. The molecule has 0 saturated heterocycles. The molecule has 0 aliphatic heterocycles. The molecule has 1 heterocycles. The molecule has 0 bridgehead atoms. The third-order valence-corrected chi connectivity index (χ3v) is 4.87. The van der Waals surface area contributed by atoms with E-state index < -0.39 is 11.4 Å². The fraction of sp³-hybridized carbons (Fsp3) is 0.400. The monoisotopic (exact) mass is 357 g/mol. The number of hydrogen-bond acceptors (Lipinski definition) is 4. The molecule has 2 atom stereocenters. The Morgan fingerprint density at radius 1 is 1.38 bits per heavy atom. The Hall–Kier alpha value is -2.47. The molecule has 0 spiro atoms. The fourth-order valence-electron chi connectivity index (χ4n) is 3.35. The van der Waals surface area contributed by atoms with Gasteiger partial charge in [0.1, 0.15) is 6.61 Å². The van der Waals surface area contributed by atoms with E-state index in [1.165, 1.54) is 12.1 Å². The van der Waals surface area contributed by atoms with E-state index in [1.807, 2.05) is 13.0 Å². The van der Waals surface area contributed by atoms with Crippen molar-refractivity contribution in [1.29, 1.82) is 0 Å². The summed E-state index contributed by atoms with van der Waals surface area (Å²) < 4.78 is 19.7. The maximum absolute atomic E-state index is 14.3. The van der Waals surface area contributed by atoms with Gasteiger partial charge in [0, 0.05) is 23.5 Å². The Balaban J connectivity index is 1.63. The van der Waals surface area contributed by atoms with Gasteiger partial charge in [-0.15, -0.1) is 0 Å². The number of nitrogens with two attached hydrogens (primary N) is 1. The molecular weight excluding hydrogens is 333 g/mol. The standard InChI is InChI=1S/C20H24FN3O2/c1-20(22)10-4-2-7-16(20)19(25)24-14-8-9-18(17(21)12-14)26-13-15-6-3-5-11-23-15/h3,5-6,8-9,11-12,16H,2,4,7,10,13,22H2,1H3,(H,24,25).